The fraction of sp³-hybridized carbons (Fsp3) is 1.00. The van der Waals surface area contributed by atoms with Gasteiger partial charge in [-0.15, -0.1) is 0 Å². The molecule has 0 amide bonds. The molecule has 14 heavy (non-hydrogen) atoms. The fourth-order valence-corrected chi connectivity index (χ4v) is 0.398. The zero-order valence-electron chi connectivity index (χ0n) is 8.50. The van der Waals surface area contributed by atoms with Crippen molar-refractivity contribution in [3.8, 4) is 0 Å². The summed E-state index contributed by atoms with van der Waals surface area (Å²) in [6.07, 6.45) is -2.53. The summed E-state index contributed by atoms with van der Waals surface area (Å²) < 4.78 is 4.48. The van der Waals surface area contributed by atoms with Crippen molar-refractivity contribution in [2.75, 3.05) is 26.9 Å². The highest BCUT2D eigenvalue weighted by atomic mass is 16.5. The lowest BCUT2D eigenvalue weighted by Gasteiger charge is -2.07. The van der Waals surface area contributed by atoms with Crippen LogP contribution >= 0.6 is 0 Å². The standard InChI is InChI=1S/2C4H10O3/c1-7-3-4(6)2-5;1-3(6)4(7)2-5/h4-6H,2-3H2,1H3;3-7H,2H2,1H3. The van der Waals surface area contributed by atoms with Crippen LogP contribution < -0.4 is 0 Å². The number of rotatable bonds is 5. The van der Waals surface area contributed by atoms with E-state index in [1.54, 1.807) is 0 Å². The Kier molecular flexibility index (Phi) is 12.5. The SMILES string of the molecule is CC(O)C(O)CO.COCC(O)CO. The van der Waals surface area contributed by atoms with Gasteiger partial charge in [0, 0.05) is 7.11 Å². The molecule has 6 nitrogen and oxygen atoms in total. The minimum absolute atomic E-state index is 0.205. The van der Waals surface area contributed by atoms with E-state index in [0.717, 1.165) is 0 Å². The Morgan fingerprint density at radius 1 is 1.07 bits per heavy atom. The summed E-state index contributed by atoms with van der Waals surface area (Å²) in [6.45, 7) is 1.02. The van der Waals surface area contributed by atoms with Crippen molar-refractivity contribution in [3.05, 3.63) is 0 Å². The quantitative estimate of drug-likeness (QED) is 0.351. The van der Waals surface area contributed by atoms with E-state index in [0.29, 0.717) is 0 Å². The van der Waals surface area contributed by atoms with Gasteiger partial charge in [0.2, 0.25) is 0 Å². The molecule has 0 spiro atoms. The van der Waals surface area contributed by atoms with Crippen LogP contribution in [-0.2, 0) is 4.74 Å². The van der Waals surface area contributed by atoms with Crippen molar-refractivity contribution in [2.45, 2.75) is 25.2 Å². The summed E-state index contributed by atoms with van der Waals surface area (Å²) in [5, 5.41) is 41.6. The maximum absolute atomic E-state index is 8.48. The van der Waals surface area contributed by atoms with Gasteiger partial charge in [0.15, 0.2) is 0 Å². The third-order valence-corrected chi connectivity index (χ3v) is 1.31. The van der Waals surface area contributed by atoms with Crippen molar-refractivity contribution in [3.63, 3.8) is 0 Å². The average molecular weight is 212 g/mol. The third kappa shape index (κ3) is 11.8. The van der Waals surface area contributed by atoms with E-state index in [1.165, 1.54) is 14.0 Å². The normalized spacial score (nSPS) is 16.5. The molecule has 0 bridgehead atoms. The first kappa shape index (κ1) is 16.2. The molecular weight excluding hydrogens is 192 g/mol. The van der Waals surface area contributed by atoms with Gasteiger partial charge >= 0.3 is 0 Å². The second kappa shape index (κ2) is 10.8. The minimum atomic E-state index is -0.986. The minimum Gasteiger partial charge on any atom is -0.394 e. The molecule has 0 aliphatic carbocycles. The van der Waals surface area contributed by atoms with E-state index in [-0.39, 0.29) is 19.8 Å². The second-order valence-corrected chi connectivity index (χ2v) is 2.78. The van der Waals surface area contributed by atoms with Crippen molar-refractivity contribution in [2.24, 2.45) is 0 Å². The molecule has 0 radical (unpaired) electrons. The number of hydrogen-bond donors (Lipinski definition) is 5. The Bertz CT molecular complexity index is 108. The van der Waals surface area contributed by atoms with Gasteiger partial charge in [-0.3, -0.25) is 0 Å². The van der Waals surface area contributed by atoms with Crippen molar-refractivity contribution in [1.29, 1.82) is 0 Å². The largest absolute Gasteiger partial charge is 0.394 e. The van der Waals surface area contributed by atoms with Gasteiger partial charge in [-0.2, -0.15) is 0 Å². The first-order valence-electron chi connectivity index (χ1n) is 4.24. The molecule has 3 unspecified atom stereocenters. The summed E-state index contributed by atoms with van der Waals surface area (Å²) in [6, 6.07) is 0. The van der Waals surface area contributed by atoms with Crippen LogP contribution in [0.4, 0.5) is 0 Å². The Hall–Kier alpha value is -0.240. The number of hydrogen-bond acceptors (Lipinski definition) is 6. The average Bonchev–Trinajstić information content (AvgIpc) is 2.17. The molecule has 0 aromatic carbocycles. The number of aliphatic hydroxyl groups excluding tert-OH is 5. The van der Waals surface area contributed by atoms with Crippen LogP contribution in [0, 0.1) is 0 Å². The third-order valence-electron chi connectivity index (χ3n) is 1.31. The van der Waals surface area contributed by atoms with Crippen molar-refractivity contribution < 1.29 is 30.3 Å². The van der Waals surface area contributed by atoms with Gasteiger partial charge in [-0.25, -0.2) is 0 Å². The Balaban J connectivity index is 0. The summed E-state index contributed by atoms with van der Waals surface area (Å²) in [5.74, 6) is 0. The van der Waals surface area contributed by atoms with Crippen LogP contribution in [0.2, 0.25) is 0 Å². The predicted molar refractivity (Wildman–Crippen MR) is 49.7 cm³/mol. The van der Waals surface area contributed by atoms with Gasteiger partial charge in [0.25, 0.3) is 0 Å². The Morgan fingerprint density at radius 2 is 1.57 bits per heavy atom. The van der Waals surface area contributed by atoms with Crippen LogP contribution in [0.3, 0.4) is 0 Å². The maximum atomic E-state index is 8.48. The smallest absolute Gasteiger partial charge is 0.103 e. The molecule has 0 saturated heterocycles. The molecule has 0 saturated carbocycles. The first-order chi connectivity index (χ1) is 6.49. The molecule has 0 rings (SSSR count). The molecule has 88 valence electrons. The van der Waals surface area contributed by atoms with Crippen LogP contribution in [-0.4, -0.2) is 70.8 Å². The van der Waals surface area contributed by atoms with Crippen LogP contribution in [0.15, 0.2) is 0 Å². The predicted octanol–water partition coefficient (Wildman–Crippen LogP) is -2.29. The topological polar surface area (TPSA) is 110 Å². The van der Waals surface area contributed by atoms with Crippen LogP contribution in [0.5, 0.6) is 0 Å². The molecule has 6 heteroatoms. The van der Waals surface area contributed by atoms with E-state index < -0.39 is 18.3 Å². The molecule has 3 atom stereocenters. The lowest BCUT2D eigenvalue weighted by molar-refractivity contribution is -0.00425. The second-order valence-electron chi connectivity index (χ2n) is 2.78. The molecule has 5 N–H and O–H groups in total. The molecule has 0 fully saturated rings. The van der Waals surface area contributed by atoms with Crippen molar-refractivity contribution >= 4 is 0 Å². The van der Waals surface area contributed by atoms with E-state index in [2.05, 4.69) is 4.74 Å². The Morgan fingerprint density at radius 3 is 1.64 bits per heavy atom. The van der Waals surface area contributed by atoms with Gasteiger partial charge < -0.3 is 30.3 Å². The summed E-state index contributed by atoms with van der Waals surface area (Å²) >= 11 is 0. The molecule has 0 aromatic rings. The lowest BCUT2D eigenvalue weighted by Crippen LogP contribution is -2.25. The number of methoxy groups -OCH3 is 1. The van der Waals surface area contributed by atoms with Gasteiger partial charge in [0.1, 0.15) is 12.2 Å². The summed E-state index contributed by atoms with van der Waals surface area (Å²) in [7, 11) is 1.47. The molecule has 0 aromatic heterocycles. The molecule has 0 aliphatic rings. The van der Waals surface area contributed by atoms with Gasteiger partial charge in [0.05, 0.1) is 25.9 Å². The van der Waals surface area contributed by atoms with E-state index in [9.17, 15) is 0 Å². The summed E-state index contributed by atoms with van der Waals surface area (Å²) in [5.41, 5.74) is 0. The van der Waals surface area contributed by atoms with Crippen molar-refractivity contribution in [1.82, 2.24) is 0 Å². The van der Waals surface area contributed by atoms with Gasteiger partial charge in [-0.05, 0) is 6.92 Å². The maximum Gasteiger partial charge on any atom is 0.103 e. The monoisotopic (exact) mass is 212 g/mol. The highest BCUT2D eigenvalue weighted by Gasteiger charge is 2.06. The molecule has 0 aliphatic heterocycles. The highest BCUT2D eigenvalue weighted by molar-refractivity contribution is 4.57. The van der Waals surface area contributed by atoms with Crippen LogP contribution in [0.1, 0.15) is 6.92 Å². The number of ether oxygens (including phenoxy) is 1. The Labute approximate surface area is 83.4 Å². The van der Waals surface area contributed by atoms with E-state index in [4.69, 9.17) is 25.5 Å². The zero-order chi connectivity index (χ0) is 11.6. The van der Waals surface area contributed by atoms with Gasteiger partial charge in [-0.1, -0.05) is 0 Å². The summed E-state index contributed by atoms with van der Waals surface area (Å²) in [4.78, 5) is 0. The first-order valence-corrected chi connectivity index (χ1v) is 4.24. The fourth-order valence-electron chi connectivity index (χ4n) is 0.398. The van der Waals surface area contributed by atoms with Crippen LogP contribution in [0.25, 0.3) is 0 Å². The molecule has 0 heterocycles. The van der Waals surface area contributed by atoms with E-state index in [1.807, 2.05) is 0 Å². The molecular formula is C8H20O6. The van der Waals surface area contributed by atoms with E-state index >= 15 is 0 Å². The highest BCUT2D eigenvalue weighted by Crippen LogP contribution is 1.87. The number of aliphatic hydroxyl groups is 5. The lowest BCUT2D eigenvalue weighted by atomic mass is 10.2. The zero-order valence-corrected chi connectivity index (χ0v) is 8.50.